The summed E-state index contributed by atoms with van der Waals surface area (Å²) in [7, 11) is 3.34. The first-order valence-electron chi connectivity index (χ1n) is 13.9. The van der Waals surface area contributed by atoms with Crippen LogP contribution in [0.1, 0.15) is 54.9 Å². The number of hydrogen-bond acceptors (Lipinski definition) is 4. The number of benzene rings is 2. The normalized spacial score (nSPS) is 19.4. The number of carbonyl (C=O) groups is 2. The van der Waals surface area contributed by atoms with Gasteiger partial charge in [-0.15, -0.1) is 0 Å². The smallest absolute Gasteiger partial charge is 0.371 e. The molecule has 2 aromatic carbocycles. The third-order valence-electron chi connectivity index (χ3n) is 8.61. The highest BCUT2D eigenvalue weighted by atomic mass is 35.5. The van der Waals surface area contributed by atoms with Gasteiger partial charge in [0.15, 0.2) is 0 Å². The van der Waals surface area contributed by atoms with Crippen LogP contribution in [0.25, 0.3) is 0 Å². The summed E-state index contributed by atoms with van der Waals surface area (Å²) < 4.78 is 56.2. The van der Waals surface area contributed by atoms with Gasteiger partial charge in [-0.3, -0.25) is 9.59 Å². The second-order valence-electron chi connectivity index (χ2n) is 12.0. The lowest BCUT2D eigenvalue weighted by molar-refractivity contribution is -0.262. The molecule has 2 aliphatic heterocycles. The van der Waals surface area contributed by atoms with Crippen molar-refractivity contribution in [1.29, 1.82) is 0 Å². The van der Waals surface area contributed by atoms with Crippen molar-refractivity contribution in [3.05, 3.63) is 63.4 Å². The highest BCUT2D eigenvalue weighted by molar-refractivity contribution is 6.34. The van der Waals surface area contributed by atoms with Gasteiger partial charge in [0.1, 0.15) is 5.82 Å². The minimum absolute atomic E-state index is 0.0478. The van der Waals surface area contributed by atoms with Crippen LogP contribution in [0.2, 0.25) is 10.0 Å². The molecule has 0 aliphatic carbocycles. The molecule has 42 heavy (non-hydrogen) atoms. The van der Waals surface area contributed by atoms with E-state index in [2.05, 4.69) is 11.8 Å². The highest BCUT2D eigenvalue weighted by Gasteiger charge is 2.62. The molecule has 1 N–H and O–H groups in total. The maximum Gasteiger partial charge on any atom is 0.430 e. The lowest BCUT2D eigenvalue weighted by Gasteiger charge is -2.45. The monoisotopic (exact) mass is 631 g/mol. The summed E-state index contributed by atoms with van der Waals surface area (Å²) in [6.45, 7) is 3.79. The summed E-state index contributed by atoms with van der Waals surface area (Å²) in [4.78, 5) is 30.1. The summed E-state index contributed by atoms with van der Waals surface area (Å²) in [6.07, 6.45) is -1.71. The zero-order chi connectivity index (χ0) is 31.0. The molecule has 2 amide bonds. The SMILES string of the molecule is CN(C)C(=O)c1ccc(N2CCC(CC3(C)CCN(C(=O)[C@](O)(c4cc(F)cc(Cl)c4)C(F)(F)F)CC3)CC2)cc1Cl. The Hall–Kier alpha value is -2.56. The number of alkyl halides is 3. The molecular weight excluding hydrogens is 597 g/mol. The molecule has 12 heteroatoms. The van der Waals surface area contributed by atoms with Crippen LogP contribution >= 0.6 is 23.2 Å². The second-order valence-corrected chi connectivity index (χ2v) is 12.8. The van der Waals surface area contributed by atoms with E-state index in [1.165, 1.54) is 4.90 Å². The average Bonchev–Trinajstić information content (AvgIpc) is 2.91. The van der Waals surface area contributed by atoms with Gasteiger partial charge in [-0.25, -0.2) is 4.39 Å². The minimum atomic E-state index is -5.37. The first-order chi connectivity index (χ1) is 19.5. The average molecular weight is 633 g/mol. The summed E-state index contributed by atoms with van der Waals surface area (Å²) in [6, 6.07) is 7.52. The van der Waals surface area contributed by atoms with E-state index in [0.717, 1.165) is 55.1 Å². The zero-order valence-electron chi connectivity index (χ0n) is 23.8. The number of likely N-dealkylation sites (tertiary alicyclic amines) is 1. The van der Waals surface area contributed by atoms with Crippen molar-refractivity contribution in [2.45, 2.75) is 50.8 Å². The highest BCUT2D eigenvalue weighted by Crippen LogP contribution is 2.45. The fourth-order valence-corrected chi connectivity index (χ4v) is 6.54. The van der Waals surface area contributed by atoms with Crippen LogP contribution in [-0.4, -0.2) is 73.2 Å². The van der Waals surface area contributed by atoms with E-state index in [-0.39, 0.29) is 29.4 Å². The first-order valence-corrected chi connectivity index (χ1v) is 14.6. The Labute approximate surface area is 253 Å². The molecule has 2 aliphatic rings. The van der Waals surface area contributed by atoms with E-state index < -0.39 is 29.1 Å². The van der Waals surface area contributed by atoms with Crippen molar-refractivity contribution in [1.82, 2.24) is 9.80 Å². The lowest BCUT2D eigenvalue weighted by atomic mass is 9.71. The van der Waals surface area contributed by atoms with Crippen LogP contribution in [0.3, 0.4) is 0 Å². The van der Waals surface area contributed by atoms with Gasteiger partial charge in [-0.1, -0.05) is 30.1 Å². The maximum atomic E-state index is 14.1. The van der Waals surface area contributed by atoms with Gasteiger partial charge >= 0.3 is 6.18 Å². The number of piperidine rings is 2. The topological polar surface area (TPSA) is 64.1 Å². The van der Waals surface area contributed by atoms with E-state index in [9.17, 15) is 32.3 Å². The van der Waals surface area contributed by atoms with Crippen LogP contribution in [0.15, 0.2) is 36.4 Å². The van der Waals surface area contributed by atoms with Crippen LogP contribution in [-0.2, 0) is 10.4 Å². The number of aliphatic hydroxyl groups is 1. The van der Waals surface area contributed by atoms with Gasteiger partial charge in [0.25, 0.3) is 17.4 Å². The van der Waals surface area contributed by atoms with Crippen molar-refractivity contribution in [2.75, 3.05) is 45.2 Å². The van der Waals surface area contributed by atoms with Crippen molar-refractivity contribution < 1.29 is 32.3 Å². The second kappa shape index (κ2) is 12.2. The molecule has 1 atom stereocenters. The summed E-state index contributed by atoms with van der Waals surface area (Å²) in [5.41, 5.74) is -3.62. The number of halogens is 6. The van der Waals surface area contributed by atoms with Crippen molar-refractivity contribution in [3.8, 4) is 0 Å². The third-order valence-corrected chi connectivity index (χ3v) is 9.14. The summed E-state index contributed by atoms with van der Waals surface area (Å²) in [5, 5.41) is 10.8. The predicted octanol–water partition coefficient (Wildman–Crippen LogP) is 6.52. The molecule has 6 nitrogen and oxygen atoms in total. The summed E-state index contributed by atoms with van der Waals surface area (Å²) >= 11 is 12.1. The zero-order valence-corrected chi connectivity index (χ0v) is 25.3. The Morgan fingerprint density at radius 2 is 1.64 bits per heavy atom. The Morgan fingerprint density at radius 1 is 1.02 bits per heavy atom. The standard InChI is InChI=1S/C30H35Cl2F4N3O3/c1-28(18-19-6-10-38(11-7-19)23-4-5-24(25(32)17-23)26(40)37(2)3)8-12-39(13-9-28)27(41)29(42,30(34,35)36)20-14-21(31)16-22(33)15-20/h4-5,14-17,19,42H,6-13,18H2,1-3H3/t29-/m1/s1. The molecule has 4 rings (SSSR count). The molecule has 2 fully saturated rings. The molecule has 0 aromatic heterocycles. The Morgan fingerprint density at radius 3 is 2.17 bits per heavy atom. The van der Waals surface area contributed by atoms with Gasteiger partial charge in [-0.2, -0.15) is 13.2 Å². The van der Waals surface area contributed by atoms with E-state index >= 15 is 0 Å². The van der Waals surface area contributed by atoms with E-state index in [1.807, 2.05) is 12.1 Å². The third kappa shape index (κ3) is 6.65. The minimum Gasteiger partial charge on any atom is -0.371 e. The fourth-order valence-electron chi connectivity index (χ4n) is 6.06. The molecule has 230 valence electrons. The van der Waals surface area contributed by atoms with Gasteiger partial charge < -0.3 is 19.8 Å². The predicted molar refractivity (Wildman–Crippen MR) is 154 cm³/mol. The Balaban J connectivity index is 1.36. The van der Waals surface area contributed by atoms with E-state index in [4.69, 9.17) is 23.2 Å². The van der Waals surface area contributed by atoms with Gasteiger partial charge in [-0.05, 0) is 79.8 Å². The molecule has 0 unspecified atom stereocenters. The van der Waals surface area contributed by atoms with Crippen LogP contribution in [0, 0.1) is 17.2 Å². The molecule has 2 heterocycles. The molecule has 0 saturated carbocycles. The van der Waals surface area contributed by atoms with E-state index in [0.29, 0.717) is 35.4 Å². The quantitative estimate of drug-likeness (QED) is 0.369. The molecule has 0 spiro atoms. The lowest BCUT2D eigenvalue weighted by Crippen LogP contribution is -2.57. The van der Waals surface area contributed by atoms with Crippen molar-refractivity contribution in [3.63, 3.8) is 0 Å². The van der Waals surface area contributed by atoms with Crippen LogP contribution < -0.4 is 4.90 Å². The first kappa shape index (κ1) is 32.4. The van der Waals surface area contributed by atoms with Crippen molar-refractivity contribution in [2.24, 2.45) is 11.3 Å². The molecule has 0 radical (unpaired) electrons. The number of carbonyl (C=O) groups excluding carboxylic acids is 2. The number of nitrogens with zero attached hydrogens (tertiary/aromatic N) is 3. The molecule has 0 bridgehead atoms. The van der Waals surface area contributed by atoms with Crippen molar-refractivity contribution >= 4 is 40.7 Å². The summed E-state index contributed by atoms with van der Waals surface area (Å²) in [5.74, 6) is -2.36. The van der Waals surface area contributed by atoms with E-state index in [1.54, 1.807) is 20.2 Å². The van der Waals surface area contributed by atoms with Gasteiger partial charge in [0.2, 0.25) is 0 Å². The van der Waals surface area contributed by atoms with Gasteiger partial charge in [0.05, 0.1) is 10.6 Å². The molecule has 2 aromatic rings. The van der Waals surface area contributed by atoms with Crippen LogP contribution in [0.4, 0.5) is 23.2 Å². The number of hydrogen-bond donors (Lipinski definition) is 1. The number of anilines is 1. The van der Waals surface area contributed by atoms with Gasteiger partial charge in [0, 0.05) is 56.5 Å². The largest absolute Gasteiger partial charge is 0.430 e. The fraction of sp³-hybridized carbons (Fsp3) is 0.533. The Bertz CT molecular complexity index is 1300. The Kier molecular flexibility index (Phi) is 9.40. The molecule has 2 saturated heterocycles. The van der Waals surface area contributed by atoms with Crippen LogP contribution in [0.5, 0.6) is 0 Å². The number of rotatable bonds is 6. The maximum absolute atomic E-state index is 14.1. The number of amides is 2. The molecular formula is C30H35Cl2F4N3O3.